The van der Waals surface area contributed by atoms with Crippen molar-refractivity contribution in [2.75, 3.05) is 39.3 Å². The molecule has 1 N–H and O–H groups in total. The van der Waals surface area contributed by atoms with Crippen molar-refractivity contribution in [1.82, 2.24) is 14.5 Å². The molecule has 116 valence electrons. The van der Waals surface area contributed by atoms with Gasteiger partial charge in [0, 0.05) is 45.3 Å². The third-order valence-corrected chi connectivity index (χ3v) is 6.44. The Bertz CT molecular complexity index is 618. The quantitative estimate of drug-likeness (QED) is 0.887. The summed E-state index contributed by atoms with van der Waals surface area (Å²) in [6.07, 6.45) is 0. The zero-order valence-corrected chi connectivity index (χ0v) is 13.5. The van der Waals surface area contributed by atoms with E-state index in [9.17, 15) is 8.42 Å². The van der Waals surface area contributed by atoms with Crippen LogP contribution in [0.25, 0.3) is 0 Å². The molecule has 0 spiro atoms. The number of nitrogens with one attached hydrogen (secondary N) is 1. The van der Waals surface area contributed by atoms with E-state index in [0.717, 1.165) is 37.3 Å². The number of aryl methyl sites for hydroxylation is 2. The fourth-order valence-electron chi connectivity index (χ4n) is 3.12. The number of piperazine rings is 1. The van der Waals surface area contributed by atoms with E-state index in [0.29, 0.717) is 24.0 Å². The molecular weight excluding hydrogens is 286 g/mol. The van der Waals surface area contributed by atoms with E-state index in [1.807, 2.05) is 26.0 Å². The predicted molar refractivity (Wildman–Crippen MR) is 82.9 cm³/mol. The molecule has 0 amide bonds. The highest BCUT2D eigenvalue weighted by molar-refractivity contribution is 7.89. The second-order valence-electron chi connectivity index (χ2n) is 6.03. The normalized spacial score (nSPS) is 22.2. The lowest BCUT2D eigenvalue weighted by Gasteiger charge is -2.45. The molecule has 2 aliphatic rings. The third-order valence-electron chi connectivity index (χ3n) is 4.45. The number of hydrogen-bond donors (Lipinski definition) is 1. The Morgan fingerprint density at radius 1 is 1.14 bits per heavy atom. The van der Waals surface area contributed by atoms with Crippen LogP contribution in [0.15, 0.2) is 23.1 Å². The molecule has 1 aromatic rings. The molecule has 0 aromatic heterocycles. The Morgan fingerprint density at radius 3 is 2.43 bits per heavy atom. The third kappa shape index (κ3) is 2.85. The monoisotopic (exact) mass is 309 g/mol. The molecule has 0 atom stereocenters. The second kappa shape index (κ2) is 5.68. The van der Waals surface area contributed by atoms with Crippen molar-refractivity contribution in [2.24, 2.45) is 0 Å². The van der Waals surface area contributed by atoms with Gasteiger partial charge in [-0.25, -0.2) is 8.42 Å². The number of sulfonamides is 1. The summed E-state index contributed by atoms with van der Waals surface area (Å²) in [6.45, 7) is 9.12. The maximum atomic E-state index is 12.7. The van der Waals surface area contributed by atoms with Crippen LogP contribution in [-0.2, 0) is 10.0 Å². The number of rotatable bonds is 3. The summed E-state index contributed by atoms with van der Waals surface area (Å²) in [5.41, 5.74) is 1.93. The Hall–Kier alpha value is -0.950. The Kier molecular flexibility index (Phi) is 4.05. The summed E-state index contributed by atoms with van der Waals surface area (Å²) >= 11 is 0. The molecule has 2 aliphatic heterocycles. The lowest BCUT2D eigenvalue weighted by Crippen LogP contribution is -2.63. The highest BCUT2D eigenvalue weighted by Gasteiger charge is 2.40. The highest BCUT2D eigenvalue weighted by atomic mass is 32.2. The van der Waals surface area contributed by atoms with Gasteiger partial charge < -0.3 is 5.32 Å². The minimum Gasteiger partial charge on any atom is -0.314 e. The van der Waals surface area contributed by atoms with E-state index in [2.05, 4.69) is 10.2 Å². The van der Waals surface area contributed by atoms with Crippen molar-refractivity contribution in [3.63, 3.8) is 0 Å². The Labute approximate surface area is 127 Å². The minimum absolute atomic E-state index is 0.382. The van der Waals surface area contributed by atoms with Gasteiger partial charge in [0.05, 0.1) is 4.90 Å². The molecule has 2 fully saturated rings. The molecule has 0 bridgehead atoms. The molecule has 3 rings (SSSR count). The SMILES string of the molecule is Cc1ccc(S(=O)(=O)N2CC(N3CCNCC3)C2)c(C)c1. The van der Waals surface area contributed by atoms with Crippen LogP contribution in [0, 0.1) is 13.8 Å². The summed E-state index contributed by atoms with van der Waals surface area (Å²) in [4.78, 5) is 2.84. The van der Waals surface area contributed by atoms with Gasteiger partial charge in [-0.15, -0.1) is 0 Å². The van der Waals surface area contributed by atoms with Crippen LogP contribution in [0.1, 0.15) is 11.1 Å². The first-order chi connectivity index (χ1) is 9.98. The van der Waals surface area contributed by atoms with Crippen molar-refractivity contribution in [1.29, 1.82) is 0 Å². The van der Waals surface area contributed by atoms with Gasteiger partial charge in [-0.3, -0.25) is 4.90 Å². The molecule has 0 aliphatic carbocycles. The first-order valence-electron chi connectivity index (χ1n) is 7.50. The molecule has 5 nitrogen and oxygen atoms in total. The molecular formula is C15H23N3O2S. The van der Waals surface area contributed by atoms with Crippen LogP contribution in [-0.4, -0.2) is 62.9 Å². The maximum Gasteiger partial charge on any atom is 0.243 e. The summed E-state index contributed by atoms with van der Waals surface area (Å²) in [5, 5.41) is 3.32. The lowest BCUT2D eigenvalue weighted by molar-refractivity contribution is 0.0773. The highest BCUT2D eigenvalue weighted by Crippen LogP contribution is 2.26. The summed E-state index contributed by atoms with van der Waals surface area (Å²) in [7, 11) is -3.33. The fraction of sp³-hybridized carbons (Fsp3) is 0.600. The first kappa shape index (κ1) is 15.0. The van der Waals surface area contributed by atoms with Crippen molar-refractivity contribution < 1.29 is 8.42 Å². The van der Waals surface area contributed by atoms with E-state index in [1.54, 1.807) is 10.4 Å². The van der Waals surface area contributed by atoms with Crippen LogP contribution in [0.4, 0.5) is 0 Å². The van der Waals surface area contributed by atoms with Gasteiger partial charge in [0.25, 0.3) is 0 Å². The van der Waals surface area contributed by atoms with Crippen LogP contribution in [0.5, 0.6) is 0 Å². The van der Waals surface area contributed by atoms with Gasteiger partial charge in [-0.1, -0.05) is 17.7 Å². The standard InChI is InChI=1S/C15H23N3O2S/c1-12-3-4-15(13(2)9-12)21(19,20)18-10-14(11-18)17-7-5-16-6-8-17/h3-4,9,14,16H,5-8,10-11H2,1-2H3. The van der Waals surface area contributed by atoms with Crippen LogP contribution < -0.4 is 5.32 Å². The molecule has 0 radical (unpaired) electrons. The molecule has 21 heavy (non-hydrogen) atoms. The van der Waals surface area contributed by atoms with E-state index in [4.69, 9.17) is 0 Å². The maximum absolute atomic E-state index is 12.7. The average molecular weight is 309 g/mol. The van der Waals surface area contributed by atoms with Gasteiger partial charge in [-0.05, 0) is 25.5 Å². The molecule has 2 saturated heterocycles. The van der Waals surface area contributed by atoms with E-state index in [1.165, 1.54) is 0 Å². The molecule has 0 saturated carbocycles. The second-order valence-corrected chi connectivity index (χ2v) is 7.94. The van der Waals surface area contributed by atoms with Crippen LogP contribution in [0.3, 0.4) is 0 Å². The van der Waals surface area contributed by atoms with Gasteiger partial charge in [0.1, 0.15) is 0 Å². The average Bonchev–Trinajstić information content (AvgIpc) is 2.37. The number of benzene rings is 1. The van der Waals surface area contributed by atoms with Crippen molar-refractivity contribution in [3.05, 3.63) is 29.3 Å². The van der Waals surface area contributed by atoms with Crippen LogP contribution >= 0.6 is 0 Å². The smallest absolute Gasteiger partial charge is 0.243 e. The number of hydrogen-bond acceptors (Lipinski definition) is 4. The molecule has 0 unspecified atom stereocenters. The van der Waals surface area contributed by atoms with Crippen molar-refractivity contribution >= 4 is 10.0 Å². The fourth-order valence-corrected chi connectivity index (χ4v) is 4.84. The van der Waals surface area contributed by atoms with Gasteiger partial charge in [0.15, 0.2) is 0 Å². The first-order valence-corrected chi connectivity index (χ1v) is 8.94. The Morgan fingerprint density at radius 2 is 1.81 bits per heavy atom. The Balaban J connectivity index is 1.70. The van der Waals surface area contributed by atoms with Crippen LogP contribution in [0.2, 0.25) is 0 Å². The lowest BCUT2D eigenvalue weighted by atomic mass is 10.1. The topological polar surface area (TPSA) is 52.7 Å². The summed E-state index contributed by atoms with van der Waals surface area (Å²) in [6, 6.07) is 5.92. The summed E-state index contributed by atoms with van der Waals surface area (Å²) in [5.74, 6) is 0. The van der Waals surface area contributed by atoms with Gasteiger partial charge in [0.2, 0.25) is 10.0 Å². The molecule has 1 aromatic carbocycles. The largest absolute Gasteiger partial charge is 0.314 e. The summed E-state index contributed by atoms with van der Waals surface area (Å²) < 4.78 is 26.9. The minimum atomic E-state index is -3.33. The van der Waals surface area contributed by atoms with E-state index >= 15 is 0 Å². The zero-order chi connectivity index (χ0) is 15.0. The van der Waals surface area contributed by atoms with Crippen molar-refractivity contribution in [3.8, 4) is 0 Å². The zero-order valence-electron chi connectivity index (χ0n) is 12.7. The number of nitrogens with zero attached hydrogens (tertiary/aromatic N) is 2. The van der Waals surface area contributed by atoms with E-state index < -0.39 is 10.0 Å². The van der Waals surface area contributed by atoms with Crippen molar-refractivity contribution in [2.45, 2.75) is 24.8 Å². The van der Waals surface area contributed by atoms with E-state index in [-0.39, 0.29) is 0 Å². The molecule has 2 heterocycles. The van der Waals surface area contributed by atoms with Gasteiger partial charge in [-0.2, -0.15) is 4.31 Å². The molecule has 6 heteroatoms. The van der Waals surface area contributed by atoms with Gasteiger partial charge >= 0.3 is 0 Å². The predicted octanol–water partition coefficient (Wildman–Crippen LogP) is 0.582.